The van der Waals surface area contributed by atoms with Gasteiger partial charge in [-0.05, 0) is 32.2 Å². The zero-order valence-electron chi connectivity index (χ0n) is 9.36. The van der Waals surface area contributed by atoms with E-state index in [1.807, 2.05) is 0 Å². The van der Waals surface area contributed by atoms with Gasteiger partial charge in [-0.25, -0.2) is 0 Å². The summed E-state index contributed by atoms with van der Waals surface area (Å²) in [6.07, 6.45) is 12.4. The lowest BCUT2D eigenvalue weighted by atomic mass is 9.80. The summed E-state index contributed by atoms with van der Waals surface area (Å²) >= 11 is 0. The molecular weight excluding hydrogens is 186 g/mol. The molecule has 0 aromatic heterocycles. The van der Waals surface area contributed by atoms with Gasteiger partial charge >= 0.3 is 0 Å². The molecule has 1 aliphatic carbocycles. The van der Waals surface area contributed by atoms with Crippen molar-refractivity contribution >= 4 is 0 Å². The largest absolute Gasteiger partial charge is 0.393 e. The van der Waals surface area contributed by atoms with E-state index in [1.54, 1.807) is 0 Å². The van der Waals surface area contributed by atoms with Gasteiger partial charge in [0.2, 0.25) is 0 Å². The molecule has 0 radical (unpaired) electrons. The van der Waals surface area contributed by atoms with Gasteiger partial charge in [0.25, 0.3) is 0 Å². The van der Waals surface area contributed by atoms with Crippen LogP contribution >= 0.6 is 0 Å². The van der Waals surface area contributed by atoms with Crippen molar-refractivity contribution in [2.45, 2.75) is 50.7 Å². The van der Waals surface area contributed by atoms with Gasteiger partial charge in [-0.3, -0.25) is 4.90 Å². The van der Waals surface area contributed by atoms with Crippen LogP contribution in [0.25, 0.3) is 0 Å². The number of terminal acetylenes is 1. The quantitative estimate of drug-likeness (QED) is 0.696. The molecule has 0 spiro atoms. The SMILES string of the molecule is C#CCN1CCCC1C1CCCCC1O. The topological polar surface area (TPSA) is 23.5 Å². The Hall–Kier alpha value is -0.520. The Balaban J connectivity index is 1.98. The third kappa shape index (κ3) is 2.35. The van der Waals surface area contributed by atoms with Gasteiger partial charge in [0.05, 0.1) is 12.6 Å². The summed E-state index contributed by atoms with van der Waals surface area (Å²) < 4.78 is 0. The van der Waals surface area contributed by atoms with Gasteiger partial charge in [0.15, 0.2) is 0 Å². The highest BCUT2D eigenvalue weighted by atomic mass is 16.3. The van der Waals surface area contributed by atoms with Gasteiger partial charge in [-0.1, -0.05) is 18.8 Å². The molecule has 2 nitrogen and oxygen atoms in total. The summed E-state index contributed by atoms with van der Waals surface area (Å²) in [5.74, 6) is 3.22. The normalized spacial score (nSPS) is 37.7. The van der Waals surface area contributed by atoms with Crippen LogP contribution in [0.4, 0.5) is 0 Å². The van der Waals surface area contributed by atoms with E-state index >= 15 is 0 Å². The Bertz CT molecular complexity index is 245. The van der Waals surface area contributed by atoms with E-state index in [1.165, 1.54) is 32.1 Å². The van der Waals surface area contributed by atoms with E-state index in [0.717, 1.165) is 19.5 Å². The van der Waals surface area contributed by atoms with Gasteiger partial charge in [0, 0.05) is 12.0 Å². The van der Waals surface area contributed by atoms with Crippen molar-refractivity contribution in [2.75, 3.05) is 13.1 Å². The number of nitrogens with zero attached hydrogens (tertiary/aromatic N) is 1. The van der Waals surface area contributed by atoms with E-state index in [-0.39, 0.29) is 6.10 Å². The first-order chi connectivity index (χ1) is 7.33. The van der Waals surface area contributed by atoms with Crippen LogP contribution in [0, 0.1) is 18.3 Å². The number of aliphatic hydroxyl groups excluding tert-OH is 1. The molecule has 3 unspecified atom stereocenters. The number of rotatable bonds is 2. The molecular formula is C13H21NO. The van der Waals surface area contributed by atoms with Gasteiger partial charge in [0.1, 0.15) is 0 Å². The summed E-state index contributed by atoms with van der Waals surface area (Å²) in [5, 5.41) is 10.0. The third-order valence-corrected chi connectivity index (χ3v) is 3.98. The summed E-state index contributed by atoms with van der Waals surface area (Å²) in [7, 11) is 0. The smallest absolute Gasteiger partial charge is 0.0601 e. The average molecular weight is 207 g/mol. The lowest BCUT2D eigenvalue weighted by Crippen LogP contribution is -2.42. The highest BCUT2D eigenvalue weighted by molar-refractivity contribution is 4.96. The van der Waals surface area contributed by atoms with E-state index < -0.39 is 0 Å². The molecule has 1 heterocycles. The molecule has 0 aromatic carbocycles. The fraction of sp³-hybridized carbons (Fsp3) is 0.846. The number of hydrogen-bond acceptors (Lipinski definition) is 2. The number of hydrogen-bond donors (Lipinski definition) is 1. The van der Waals surface area contributed by atoms with Crippen LogP contribution < -0.4 is 0 Å². The first kappa shape index (κ1) is 11.0. The summed E-state index contributed by atoms with van der Waals surface area (Å²) in [5.41, 5.74) is 0. The number of likely N-dealkylation sites (tertiary alicyclic amines) is 1. The summed E-state index contributed by atoms with van der Waals surface area (Å²) in [6.45, 7) is 1.88. The third-order valence-electron chi connectivity index (χ3n) is 3.98. The van der Waals surface area contributed by atoms with Crippen LogP contribution in [-0.2, 0) is 0 Å². The maximum absolute atomic E-state index is 10.0. The van der Waals surface area contributed by atoms with Crippen molar-refractivity contribution in [3.63, 3.8) is 0 Å². The van der Waals surface area contributed by atoms with Crippen LogP contribution in [0.15, 0.2) is 0 Å². The molecule has 1 saturated heterocycles. The van der Waals surface area contributed by atoms with Crippen LogP contribution in [0.2, 0.25) is 0 Å². The summed E-state index contributed by atoms with van der Waals surface area (Å²) in [6, 6.07) is 0.552. The maximum Gasteiger partial charge on any atom is 0.0601 e. The molecule has 0 bridgehead atoms. The predicted molar refractivity (Wildman–Crippen MR) is 61.4 cm³/mol. The van der Waals surface area contributed by atoms with Crippen molar-refractivity contribution in [1.82, 2.24) is 4.90 Å². The number of aliphatic hydroxyl groups is 1. The zero-order valence-corrected chi connectivity index (χ0v) is 9.36. The molecule has 3 atom stereocenters. The minimum absolute atomic E-state index is 0.0814. The Morgan fingerprint density at radius 2 is 2.00 bits per heavy atom. The highest BCUT2D eigenvalue weighted by Crippen LogP contribution is 2.34. The minimum Gasteiger partial charge on any atom is -0.393 e. The molecule has 2 heteroatoms. The van der Waals surface area contributed by atoms with Crippen LogP contribution in [0.1, 0.15) is 38.5 Å². The minimum atomic E-state index is -0.0814. The second kappa shape index (κ2) is 5.01. The molecule has 2 rings (SSSR count). The maximum atomic E-state index is 10.0. The Morgan fingerprint density at radius 3 is 2.73 bits per heavy atom. The monoisotopic (exact) mass is 207 g/mol. The zero-order chi connectivity index (χ0) is 10.7. The predicted octanol–water partition coefficient (Wildman–Crippen LogP) is 1.64. The van der Waals surface area contributed by atoms with Crippen molar-refractivity contribution in [2.24, 2.45) is 5.92 Å². The molecule has 2 aliphatic rings. The first-order valence-corrected chi connectivity index (χ1v) is 6.18. The van der Waals surface area contributed by atoms with Crippen LogP contribution in [0.3, 0.4) is 0 Å². The fourth-order valence-electron chi connectivity index (χ4n) is 3.24. The van der Waals surface area contributed by atoms with Crippen LogP contribution in [-0.4, -0.2) is 35.2 Å². The second-order valence-corrected chi connectivity index (χ2v) is 4.90. The van der Waals surface area contributed by atoms with E-state index in [4.69, 9.17) is 6.42 Å². The van der Waals surface area contributed by atoms with Crippen LogP contribution in [0.5, 0.6) is 0 Å². The van der Waals surface area contributed by atoms with Crippen molar-refractivity contribution in [3.05, 3.63) is 0 Å². The lowest BCUT2D eigenvalue weighted by molar-refractivity contribution is 0.0254. The Labute approximate surface area is 92.7 Å². The van der Waals surface area contributed by atoms with Crippen molar-refractivity contribution in [1.29, 1.82) is 0 Å². The summed E-state index contributed by atoms with van der Waals surface area (Å²) in [4.78, 5) is 2.39. The second-order valence-electron chi connectivity index (χ2n) is 4.90. The van der Waals surface area contributed by atoms with Crippen molar-refractivity contribution in [3.8, 4) is 12.3 Å². The van der Waals surface area contributed by atoms with E-state index in [2.05, 4.69) is 10.8 Å². The molecule has 2 fully saturated rings. The highest BCUT2D eigenvalue weighted by Gasteiger charge is 2.36. The molecule has 1 aliphatic heterocycles. The van der Waals surface area contributed by atoms with E-state index in [0.29, 0.717) is 12.0 Å². The van der Waals surface area contributed by atoms with Gasteiger partial charge in [-0.2, -0.15) is 0 Å². The Morgan fingerprint density at radius 1 is 1.20 bits per heavy atom. The van der Waals surface area contributed by atoms with Gasteiger partial charge < -0.3 is 5.11 Å². The lowest BCUT2D eigenvalue weighted by Gasteiger charge is -2.36. The molecule has 0 aromatic rings. The van der Waals surface area contributed by atoms with Gasteiger partial charge in [-0.15, -0.1) is 6.42 Å². The van der Waals surface area contributed by atoms with E-state index in [9.17, 15) is 5.11 Å². The average Bonchev–Trinajstić information content (AvgIpc) is 2.67. The van der Waals surface area contributed by atoms with Crippen molar-refractivity contribution < 1.29 is 5.11 Å². The first-order valence-electron chi connectivity index (χ1n) is 6.18. The molecule has 15 heavy (non-hydrogen) atoms. The fourth-order valence-corrected chi connectivity index (χ4v) is 3.24. The standard InChI is InChI=1S/C13H21NO/c1-2-9-14-10-5-7-12(14)11-6-3-4-8-13(11)15/h1,11-13,15H,3-10H2. The molecule has 1 N–H and O–H groups in total. The Kier molecular flexibility index (Phi) is 3.66. The molecule has 0 amide bonds. The molecule has 1 saturated carbocycles. The molecule has 84 valence electrons.